The highest BCUT2D eigenvalue weighted by atomic mass is 32.2. The van der Waals surface area contributed by atoms with Gasteiger partial charge in [0.05, 0.1) is 17.2 Å². The Bertz CT molecular complexity index is 1420. The quantitative estimate of drug-likeness (QED) is 0.287. The number of aliphatic hydroxyl groups is 2. The minimum absolute atomic E-state index is 0.433. The number of aryl methyl sites for hydroxylation is 1. The monoisotopic (exact) mass is 549 g/mol. The van der Waals surface area contributed by atoms with Crippen LogP contribution < -0.4 is 5.73 Å². The van der Waals surface area contributed by atoms with Crippen LogP contribution in [-0.2, 0) is 16.9 Å². The van der Waals surface area contributed by atoms with E-state index in [4.69, 9.17) is 15.0 Å². The van der Waals surface area contributed by atoms with Gasteiger partial charge in [-0.25, -0.2) is 9.97 Å². The van der Waals surface area contributed by atoms with Gasteiger partial charge in [0, 0.05) is 28.8 Å². The van der Waals surface area contributed by atoms with Gasteiger partial charge in [0.25, 0.3) is 0 Å². The fourth-order valence-electron chi connectivity index (χ4n) is 5.99. The van der Waals surface area contributed by atoms with Gasteiger partial charge in [0.1, 0.15) is 30.0 Å². The second-order valence-electron chi connectivity index (χ2n) is 10.7. The first-order valence-electron chi connectivity index (χ1n) is 13.7. The number of thioether (sulfide) groups is 1. The first-order chi connectivity index (χ1) is 19.0. The molecule has 4 N–H and O–H groups in total. The van der Waals surface area contributed by atoms with E-state index in [0.29, 0.717) is 28.9 Å². The lowest BCUT2D eigenvalue weighted by atomic mass is 9.85. The lowest BCUT2D eigenvalue weighted by Gasteiger charge is -2.21. The van der Waals surface area contributed by atoms with Gasteiger partial charge in [-0.3, -0.25) is 0 Å². The minimum atomic E-state index is -1.10. The van der Waals surface area contributed by atoms with E-state index < -0.39 is 24.5 Å². The largest absolute Gasteiger partial charge is 0.387 e. The van der Waals surface area contributed by atoms with Crippen LogP contribution in [0, 0.1) is 12.8 Å². The first kappa shape index (κ1) is 26.3. The molecule has 9 nitrogen and oxygen atoms in total. The van der Waals surface area contributed by atoms with E-state index in [9.17, 15) is 10.2 Å². The number of nitrogen functional groups attached to an aromatic ring is 1. The summed E-state index contributed by atoms with van der Waals surface area (Å²) in [6, 6.07) is 9.91. The van der Waals surface area contributed by atoms with Crippen molar-refractivity contribution >= 4 is 28.6 Å². The summed E-state index contributed by atoms with van der Waals surface area (Å²) in [6.07, 6.45) is 7.12. The summed E-state index contributed by atoms with van der Waals surface area (Å²) in [5.74, 6) is 2.94. The molecular weight excluding hydrogens is 514 g/mol. The molecule has 4 heterocycles. The van der Waals surface area contributed by atoms with Crippen LogP contribution in [0.25, 0.3) is 22.4 Å². The molecule has 1 saturated carbocycles. The van der Waals surface area contributed by atoms with Crippen molar-refractivity contribution in [2.45, 2.75) is 75.7 Å². The smallest absolute Gasteiger partial charge is 0.171 e. The van der Waals surface area contributed by atoms with Crippen LogP contribution in [0.3, 0.4) is 0 Å². The number of aromatic nitrogens is 4. The van der Waals surface area contributed by atoms with Gasteiger partial charge in [-0.1, -0.05) is 67.6 Å². The Balaban J connectivity index is 1.18. The van der Waals surface area contributed by atoms with Crippen molar-refractivity contribution < 1.29 is 19.5 Å². The Morgan fingerprint density at radius 1 is 1.08 bits per heavy atom. The van der Waals surface area contributed by atoms with Gasteiger partial charge < -0.3 is 29.8 Å². The summed E-state index contributed by atoms with van der Waals surface area (Å²) in [5.41, 5.74) is 10.9. The standard InChI is InChI=1S/C29H35N5O4S/c1-17-21(26(38-33-17)19-10-6-3-7-11-19)14-39-15-22-24(35)25(36)29(37-22)34-13-20(12-18-8-4-2-5-9-18)23-27(30)31-16-32-28(23)34/h3,6-7,10-11,13,16,18,22,24-25,29,35-36H,2,4-5,8-9,12,14-15H2,1H3,(H2,30,31,32)/t22-,24-,25-,29-/m1/s1. The molecule has 3 aromatic heterocycles. The molecule has 4 aromatic rings. The van der Waals surface area contributed by atoms with E-state index in [2.05, 4.69) is 15.1 Å². The van der Waals surface area contributed by atoms with Gasteiger partial charge in [0.15, 0.2) is 12.0 Å². The SMILES string of the molecule is Cc1noc(-c2ccccc2)c1CSC[C@H]1O[C@@H](n2cc(CC3CCCCC3)c3c(N)ncnc32)[C@H](O)[C@@H]1O. The molecule has 206 valence electrons. The summed E-state index contributed by atoms with van der Waals surface area (Å²) < 4.78 is 13.7. The zero-order chi connectivity index (χ0) is 26.9. The third-order valence-electron chi connectivity index (χ3n) is 8.11. The number of hydrogen-bond acceptors (Lipinski definition) is 9. The molecule has 6 rings (SSSR count). The maximum Gasteiger partial charge on any atom is 0.171 e. The summed E-state index contributed by atoms with van der Waals surface area (Å²) in [5, 5.41) is 27.0. The van der Waals surface area contributed by atoms with E-state index in [-0.39, 0.29) is 0 Å². The van der Waals surface area contributed by atoms with Crippen molar-refractivity contribution in [3.8, 4) is 11.3 Å². The van der Waals surface area contributed by atoms with E-state index in [1.54, 1.807) is 11.8 Å². The molecule has 1 saturated heterocycles. The highest BCUT2D eigenvalue weighted by Crippen LogP contribution is 2.38. The predicted octanol–water partition coefficient (Wildman–Crippen LogP) is 4.65. The molecule has 0 bridgehead atoms. The average Bonchev–Trinajstić information content (AvgIpc) is 3.60. The second-order valence-corrected chi connectivity index (χ2v) is 11.8. The maximum atomic E-state index is 11.1. The predicted molar refractivity (Wildman–Crippen MR) is 151 cm³/mol. The highest BCUT2D eigenvalue weighted by molar-refractivity contribution is 7.98. The highest BCUT2D eigenvalue weighted by Gasteiger charge is 2.44. The minimum Gasteiger partial charge on any atom is -0.387 e. The fourth-order valence-corrected chi connectivity index (χ4v) is 7.16. The second kappa shape index (κ2) is 11.3. The summed E-state index contributed by atoms with van der Waals surface area (Å²) >= 11 is 1.62. The van der Waals surface area contributed by atoms with Crippen molar-refractivity contribution in [1.82, 2.24) is 19.7 Å². The normalized spacial score (nSPS) is 24.1. The number of anilines is 1. The number of ether oxygens (including phenoxy) is 1. The zero-order valence-corrected chi connectivity index (χ0v) is 22.9. The number of nitrogens with zero attached hydrogens (tertiary/aromatic N) is 4. The van der Waals surface area contributed by atoms with E-state index >= 15 is 0 Å². The Morgan fingerprint density at radius 2 is 1.87 bits per heavy atom. The van der Waals surface area contributed by atoms with Crippen LogP contribution in [0.4, 0.5) is 5.82 Å². The summed E-state index contributed by atoms with van der Waals surface area (Å²) in [7, 11) is 0. The van der Waals surface area contributed by atoms with Crippen LogP contribution in [0.2, 0.25) is 0 Å². The van der Waals surface area contributed by atoms with Gasteiger partial charge in [0.2, 0.25) is 0 Å². The Kier molecular flexibility index (Phi) is 7.61. The topological polar surface area (TPSA) is 132 Å². The molecular formula is C29H35N5O4S. The summed E-state index contributed by atoms with van der Waals surface area (Å²) in [6.45, 7) is 1.93. The van der Waals surface area contributed by atoms with Crippen molar-refractivity contribution in [3.63, 3.8) is 0 Å². The Morgan fingerprint density at radius 3 is 2.67 bits per heavy atom. The van der Waals surface area contributed by atoms with Crippen LogP contribution >= 0.6 is 11.8 Å². The molecule has 0 spiro atoms. The average molecular weight is 550 g/mol. The van der Waals surface area contributed by atoms with Crippen molar-refractivity contribution in [3.05, 3.63) is 59.7 Å². The molecule has 1 aliphatic heterocycles. The third-order valence-corrected chi connectivity index (χ3v) is 9.17. The molecule has 1 aromatic carbocycles. The van der Waals surface area contributed by atoms with Crippen LogP contribution in [-0.4, -0.2) is 54.0 Å². The number of aliphatic hydroxyl groups excluding tert-OH is 2. The molecule has 2 aliphatic rings. The van der Waals surface area contributed by atoms with Crippen molar-refractivity contribution in [2.75, 3.05) is 11.5 Å². The molecule has 0 unspecified atom stereocenters. The molecule has 0 radical (unpaired) electrons. The van der Waals surface area contributed by atoms with Crippen molar-refractivity contribution in [1.29, 1.82) is 0 Å². The van der Waals surface area contributed by atoms with Gasteiger partial charge in [-0.2, -0.15) is 11.8 Å². The van der Waals surface area contributed by atoms with Gasteiger partial charge >= 0.3 is 0 Å². The number of hydrogen-bond donors (Lipinski definition) is 3. The number of rotatable bonds is 8. The molecule has 0 amide bonds. The molecule has 39 heavy (non-hydrogen) atoms. The first-order valence-corrected chi connectivity index (χ1v) is 14.9. The fraction of sp³-hybridized carbons (Fsp3) is 0.483. The van der Waals surface area contributed by atoms with Gasteiger partial charge in [-0.15, -0.1) is 0 Å². The third kappa shape index (κ3) is 5.18. The van der Waals surface area contributed by atoms with Crippen LogP contribution in [0.1, 0.15) is 55.2 Å². The molecule has 10 heteroatoms. The van der Waals surface area contributed by atoms with Crippen molar-refractivity contribution in [2.24, 2.45) is 5.92 Å². The Labute approximate surface area is 231 Å². The molecule has 1 aliphatic carbocycles. The van der Waals surface area contributed by atoms with E-state index in [0.717, 1.165) is 40.0 Å². The van der Waals surface area contributed by atoms with E-state index in [1.165, 1.54) is 38.4 Å². The van der Waals surface area contributed by atoms with E-state index in [1.807, 2.05) is 48.0 Å². The number of benzene rings is 1. The maximum absolute atomic E-state index is 11.1. The molecule has 4 atom stereocenters. The van der Waals surface area contributed by atoms with Gasteiger partial charge in [-0.05, 0) is 24.8 Å². The van der Waals surface area contributed by atoms with Crippen LogP contribution in [0.5, 0.6) is 0 Å². The zero-order valence-electron chi connectivity index (χ0n) is 22.1. The van der Waals surface area contributed by atoms with Crippen LogP contribution in [0.15, 0.2) is 47.4 Å². The number of fused-ring (bicyclic) bond motifs is 1. The summed E-state index contributed by atoms with van der Waals surface area (Å²) in [4.78, 5) is 8.74. The number of nitrogens with two attached hydrogens (primary N) is 1. The lowest BCUT2D eigenvalue weighted by Crippen LogP contribution is -2.32. The lowest BCUT2D eigenvalue weighted by molar-refractivity contribution is -0.0286. The Hall–Kier alpha value is -2.92. The molecule has 2 fully saturated rings.